The Labute approximate surface area is 381 Å². The fraction of sp³-hybridized carbons (Fsp3) is 0.341. The van der Waals surface area contributed by atoms with Crippen LogP contribution in [-0.2, 0) is 19.1 Å². The smallest absolute Gasteiger partial charge is 0.276 e. The predicted octanol–water partition coefficient (Wildman–Crippen LogP) is 4.88. The number of ether oxygens (including phenoxy) is 2. The first kappa shape index (κ1) is 46.3. The van der Waals surface area contributed by atoms with Gasteiger partial charge in [-0.3, -0.25) is 43.8 Å². The molecular formula is C44H44Cl2FN9O9. The van der Waals surface area contributed by atoms with Gasteiger partial charge in [-0.05, 0) is 75.7 Å². The Kier molecular flexibility index (Phi) is 13.9. The minimum absolute atomic E-state index is 0.00485. The number of piperidine rings is 1. The van der Waals surface area contributed by atoms with Gasteiger partial charge in [0.05, 0.1) is 35.8 Å². The number of piperazine rings is 1. The molecule has 65 heavy (non-hydrogen) atoms. The first-order valence-electron chi connectivity index (χ1n) is 20.6. The molecule has 3 aliphatic rings. The lowest BCUT2D eigenvalue weighted by Crippen LogP contribution is -2.59. The number of carbonyl (C=O) groups is 7. The maximum atomic E-state index is 14.1. The molecule has 18 nitrogen and oxygen atoms in total. The summed E-state index contributed by atoms with van der Waals surface area (Å²) >= 11 is 12.4. The largest absolute Gasteiger partial charge is 0.482 e. The zero-order chi connectivity index (χ0) is 46.7. The first-order valence-corrected chi connectivity index (χ1v) is 21.4. The number of amides is 7. The standard InChI is InChI=1S/C44H44Cl2FN9O9/c1-22-20-54(42(61)25-7-9-26(10-8-25)50-40(59)31-19-33(39(48)53-52-31)65-24(3)36-28(45)11-12-29(47)38(36)46)21-23(2)55(22)35(58)15-17-64-18-16-49-30-6-4-5-27-37(30)44(63)56(43(27)62)32-13-14-34(57)51-41(32)60/h4-12,19,22-24,32,49H,13-18,20-21H2,1-3H3,(H2,48,53)(H,50,59)(H,51,57,60)/t22-,23+,24-,32?/m1/s1. The van der Waals surface area contributed by atoms with Gasteiger partial charge in [0.2, 0.25) is 17.7 Å². The van der Waals surface area contributed by atoms with Gasteiger partial charge < -0.3 is 35.6 Å². The highest BCUT2D eigenvalue weighted by Crippen LogP contribution is 2.36. The Morgan fingerprint density at radius 1 is 0.969 bits per heavy atom. The van der Waals surface area contributed by atoms with Crippen LogP contribution in [0.2, 0.25) is 10.0 Å². The highest BCUT2D eigenvalue weighted by atomic mass is 35.5. The highest BCUT2D eigenvalue weighted by molar-refractivity contribution is 6.36. The third kappa shape index (κ3) is 9.86. The van der Waals surface area contributed by atoms with E-state index >= 15 is 0 Å². The lowest BCUT2D eigenvalue weighted by Gasteiger charge is -2.44. The van der Waals surface area contributed by atoms with Crippen molar-refractivity contribution < 1.29 is 47.4 Å². The summed E-state index contributed by atoms with van der Waals surface area (Å²) in [7, 11) is 0. The maximum Gasteiger partial charge on any atom is 0.276 e. The van der Waals surface area contributed by atoms with E-state index in [1.807, 2.05) is 13.8 Å². The van der Waals surface area contributed by atoms with E-state index in [1.165, 1.54) is 18.2 Å². The maximum absolute atomic E-state index is 14.1. The van der Waals surface area contributed by atoms with E-state index < -0.39 is 47.5 Å². The Bertz CT molecular complexity index is 2570. The molecule has 3 aliphatic heterocycles. The van der Waals surface area contributed by atoms with E-state index in [0.717, 1.165) is 11.0 Å². The van der Waals surface area contributed by atoms with Crippen LogP contribution >= 0.6 is 23.2 Å². The Hall–Kier alpha value is -6.70. The van der Waals surface area contributed by atoms with Gasteiger partial charge >= 0.3 is 0 Å². The minimum Gasteiger partial charge on any atom is -0.482 e. The van der Waals surface area contributed by atoms with Gasteiger partial charge in [0.15, 0.2) is 17.3 Å². The normalized spacial score (nSPS) is 18.9. The zero-order valence-electron chi connectivity index (χ0n) is 35.4. The lowest BCUT2D eigenvalue weighted by atomic mass is 10.0. The molecule has 2 fully saturated rings. The van der Waals surface area contributed by atoms with Crippen molar-refractivity contribution in [2.24, 2.45) is 0 Å². The molecule has 0 aliphatic carbocycles. The van der Waals surface area contributed by atoms with Crippen LogP contribution in [0.1, 0.15) is 93.3 Å². The fourth-order valence-corrected chi connectivity index (χ4v) is 8.80. The van der Waals surface area contributed by atoms with Gasteiger partial charge in [-0.1, -0.05) is 29.3 Å². The molecule has 3 aromatic carbocycles. The van der Waals surface area contributed by atoms with Crippen LogP contribution < -0.4 is 26.4 Å². The number of rotatable bonds is 14. The second-order valence-electron chi connectivity index (χ2n) is 15.7. The number of anilines is 3. The molecule has 1 unspecified atom stereocenters. The van der Waals surface area contributed by atoms with E-state index in [1.54, 1.807) is 53.1 Å². The SMILES string of the molecule is C[C@@H]1CN(C(=O)c2ccc(NC(=O)c3cc(O[C@H](C)c4c(Cl)ccc(F)c4Cl)c(N)nn3)cc2)C[C@H](C)N1C(=O)CCOCCNc1cccc2c1C(=O)N(C1CCC(=O)NC1=O)C2=O. The van der Waals surface area contributed by atoms with Gasteiger partial charge in [-0.25, -0.2) is 4.39 Å². The molecule has 7 rings (SSSR count). The second-order valence-corrected chi connectivity index (χ2v) is 16.5. The fourth-order valence-electron chi connectivity index (χ4n) is 8.12. The molecule has 4 heterocycles. The summed E-state index contributed by atoms with van der Waals surface area (Å²) in [6, 6.07) is 13.2. The number of halogens is 3. The molecule has 1 aromatic heterocycles. The summed E-state index contributed by atoms with van der Waals surface area (Å²) in [4.78, 5) is 94.9. The van der Waals surface area contributed by atoms with Crippen LogP contribution in [0, 0.1) is 5.82 Å². The van der Waals surface area contributed by atoms with E-state index in [2.05, 4.69) is 26.1 Å². The molecule has 21 heteroatoms. The number of fused-ring (bicyclic) bond motifs is 1. The van der Waals surface area contributed by atoms with Crippen LogP contribution in [-0.4, -0.2) is 117 Å². The molecule has 0 spiro atoms. The molecule has 0 saturated carbocycles. The molecule has 4 aromatic rings. The number of nitrogens with two attached hydrogens (primary N) is 1. The van der Waals surface area contributed by atoms with E-state index in [-0.39, 0.29) is 120 Å². The van der Waals surface area contributed by atoms with Crippen molar-refractivity contribution in [3.63, 3.8) is 0 Å². The molecule has 0 radical (unpaired) electrons. The molecule has 4 atom stereocenters. The van der Waals surface area contributed by atoms with Crippen molar-refractivity contribution in [1.82, 2.24) is 30.2 Å². The topological polar surface area (TPSA) is 236 Å². The van der Waals surface area contributed by atoms with Crippen LogP contribution in [0.3, 0.4) is 0 Å². The molecule has 5 N–H and O–H groups in total. The van der Waals surface area contributed by atoms with E-state index in [4.69, 9.17) is 38.4 Å². The Morgan fingerprint density at radius 3 is 2.40 bits per heavy atom. The third-order valence-corrected chi connectivity index (χ3v) is 11.9. The average Bonchev–Trinajstić information content (AvgIpc) is 3.52. The lowest BCUT2D eigenvalue weighted by molar-refractivity contribution is -0.139. The number of nitrogen functional groups attached to an aromatic ring is 1. The third-order valence-electron chi connectivity index (χ3n) is 11.2. The van der Waals surface area contributed by atoms with Crippen LogP contribution in [0.25, 0.3) is 0 Å². The van der Waals surface area contributed by atoms with E-state index in [0.29, 0.717) is 16.9 Å². The predicted molar refractivity (Wildman–Crippen MR) is 235 cm³/mol. The van der Waals surface area contributed by atoms with E-state index in [9.17, 15) is 38.0 Å². The monoisotopic (exact) mass is 931 g/mol. The van der Waals surface area contributed by atoms with Crippen LogP contribution in [0.5, 0.6) is 5.75 Å². The van der Waals surface area contributed by atoms with Gasteiger partial charge in [0.25, 0.3) is 23.6 Å². The molecule has 7 amide bonds. The van der Waals surface area contributed by atoms with Crippen molar-refractivity contribution in [1.29, 1.82) is 0 Å². The van der Waals surface area contributed by atoms with Crippen molar-refractivity contribution in [2.45, 2.75) is 64.3 Å². The number of hydrogen-bond acceptors (Lipinski definition) is 13. The highest BCUT2D eigenvalue weighted by Gasteiger charge is 2.45. The van der Waals surface area contributed by atoms with Gasteiger partial charge in [-0.15, -0.1) is 10.2 Å². The average molecular weight is 933 g/mol. The number of benzene rings is 3. The first-order chi connectivity index (χ1) is 31.0. The summed E-state index contributed by atoms with van der Waals surface area (Å²) < 4.78 is 25.7. The number of imide groups is 2. The van der Waals surface area contributed by atoms with Crippen molar-refractivity contribution in [2.75, 3.05) is 49.2 Å². The van der Waals surface area contributed by atoms with Crippen molar-refractivity contribution in [3.05, 3.63) is 104 Å². The molecule has 2 saturated heterocycles. The number of aromatic nitrogens is 2. The number of nitrogens with zero attached hydrogens (tertiary/aromatic N) is 5. The van der Waals surface area contributed by atoms with Crippen LogP contribution in [0.15, 0.2) is 60.7 Å². The summed E-state index contributed by atoms with van der Waals surface area (Å²) in [5.74, 6) is -4.21. The summed E-state index contributed by atoms with van der Waals surface area (Å²) in [5, 5.41) is 15.6. The Balaban J connectivity index is 0.857. The Morgan fingerprint density at radius 2 is 1.69 bits per heavy atom. The second kappa shape index (κ2) is 19.6. The quantitative estimate of drug-likeness (QED) is 0.0751. The zero-order valence-corrected chi connectivity index (χ0v) is 36.9. The molecule has 340 valence electrons. The minimum atomic E-state index is -1.07. The number of nitrogens with one attached hydrogen (secondary N) is 3. The molecule has 0 bridgehead atoms. The van der Waals surface area contributed by atoms with Gasteiger partial charge in [0, 0.05) is 71.7 Å². The van der Waals surface area contributed by atoms with Gasteiger partial charge in [0.1, 0.15) is 18.0 Å². The van der Waals surface area contributed by atoms with Gasteiger partial charge in [-0.2, -0.15) is 0 Å². The van der Waals surface area contributed by atoms with Crippen molar-refractivity contribution >= 4 is 81.7 Å². The molecular weight excluding hydrogens is 888 g/mol. The number of carbonyl (C=O) groups excluding carboxylic acids is 7. The van der Waals surface area contributed by atoms with Crippen molar-refractivity contribution in [3.8, 4) is 5.75 Å². The summed E-state index contributed by atoms with van der Waals surface area (Å²) in [6.45, 7) is 6.45. The van der Waals surface area contributed by atoms with Crippen LogP contribution in [0.4, 0.5) is 21.6 Å². The summed E-state index contributed by atoms with van der Waals surface area (Å²) in [6.07, 6.45) is -0.698. The number of hydrogen-bond donors (Lipinski definition) is 4. The summed E-state index contributed by atoms with van der Waals surface area (Å²) in [5.41, 5.74) is 7.43.